The highest BCUT2D eigenvalue weighted by atomic mass is 16.2. The second-order valence-corrected chi connectivity index (χ2v) is 6.85. The minimum Gasteiger partial charge on any atom is -0.376 e. The molecule has 0 fully saturated rings. The second-order valence-electron chi connectivity index (χ2n) is 6.85. The molecule has 5 aromatic rings. The van der Waals surface area contributed by atoms with Crippen LogP contribution < -0.4 is 16.4 Å². The van der Waals surface area contributed by atoms with E-state index in [1.54, 1.807) is 48.5 Å². The second kappa shape index (κ2) is 6.97. The Labute approximate surface area is 169 Å². The van der Waals surface area contributed by atoms with Crippen LogP contribution in [0, 0.1) is 0 Å². The van der Waals surface area contributed by atoms with Crippen molar-refractivity contribution in [3.8, 4) is 0 Å². The van der Waals surface area contributed by atoms with Gasteiger partial charge in [0.1, 0.15) is 0 Å². The van der Waals surface area contributed by atoms with Crippen LogP contribution >= 0.6 is 0 Å². The zero-order valence-electron chi connectivity index (χ0n) is 15.8. The van der Waals surface area contributed by atoms with Crippen molar-refractivity contribution in [2.75, 3.05) is 11.9 Å². The Balaban J connectivity index is 1.80. The zero-order chi connectivity index (χ0) is 20.7. The standard InChI is InChI=1S/C23H16N4O3/c28-20(14-24-15-8-2-1-3-9-15)26-22(29)17-11-5-4-10-16(17)21-25-19-13-7-6-12-18(19)23(30)27(21)26/h1-13,24H,14H2. The van der Waals surface area contributed by atoms with E-state index in [2.05, 4.69) is 10.3 Å². The first-order valence-electron chi connectivity index (χ1n) is 9.43. The van der Waals surface area contributed by atoms with E-state index in [0.717, 1.165) is 14.9 Å². The third-order valence-electron chi connectivity index (χ3n) is 5.00. The van der Waals surface area contributed by atoms with E-state index in [1.807, 2.05) is 30.3 Å². The van der Waals surface area contributed by atoms with Gasteiger partial charge < -0.3 is 5.32 Å². The highest BCUT2D eigenvalue weighted by molar-refractivity contribution is 5.97. The fraction of sp³-hybridized carbons (Fsp3) is 0.0435. The van der Waals surface area contributed by atoms with Gasteiger partial charge in [-0.05, 0) is 30.3 Å². The van der Waals surface area contributed by atoms with Crippen molar-refractivity contribution >= 4 is 38.9 Å². The van der Waals surface area contributed by atoms with Crippen molar-refractivity contribution in [3.63, 3.8) is 0 Å². The summed E-state index contributed by atoms with van der Waals surface area (Å²) >= 11 is 0. The molecular weight excluding hydrogens is 380 g/mol. The third kappa shape index (κ3) is 2.76. The largest absolute Gasteiger partial charge is 0.376 e. The number of rotatable bonds is 3. The molecule has 0 amide bonds. The Morgan fingerprint density at radius 3 is 2.17 bits per heavy atom. The summed E-state index contributed by atoms with van der Waals surface area (Å²) < 4.78 is 1.97. The van der Waals surface area contributed by atoms with Crippen molar-refractivity contribution < 1.29 is 4.79 Å². The summed E-state index contributed by atoms with van der Waals surface area (Å²) in [6, 6.07) is 22.9. The van der Waals surface area contributed by atoms with Gasteiger partial charge in [-0.2, -0.15) is 9.20 Å². The molecule has 0 bridgehead atoms. The van der Waals surface area contributed by atoms with Crippen molar-refractivity contribution in [1.29, 1.82) is 0 Å². The molecule has 2 heterocycles. The van der Waals surface area contributed by atoms with Gasteiger partial charge >= 0.3 is 0 Å². The summed E-state index contributed by atoms with van der Waals surface area (Å²) in [5, 5.41) is 4.18. The topological polar surface area (TPSA) is 85.5 Å². The van der Waals surface area contributed by atoms with Gasteiger partial charge in [-0.25, -0.2) is 4.98 Å². The van der Waals surface area contributed by atoms with Crippen molar-refractivity contribution in [2.45, 2.75) is 0 Å². The van der Waals surface area contributed by atoms with Gasteiger partial charge in [-0.3, -0.25) is 14.4 Å². The van der Waals surface area contributed by atoms with Gasteiger partial charge in [-0.15, -0.1) is 0 Å². The molecule has 0 unspecified atom stereocenters. The van der Waals surface area contributed by atoms with Crippen LogP contribution in [0.15, 0.2) is 88.5 Å². The number of nitrogens with zero attached hydrogens (tertiary/aromatic N) is 3. The molecule has 5 rings (SSSR count). The molecule has 3 aromatic carbocycles. The SMILES string of the molecule is O=C(CNc1ccccc1)n1c(=O)c2ccccc2c2nc3ccccc3c(=O)n21. The summed E-state index contributed by atoms with van der Waals surface area (Å²) in [6.45, 7) is -0.156. The number of hydrogen-bond donors (Lipinski definition) is 1. The Hall–Kier alpha value is -4.26. The molecule has 0 aliphatic heterocycles. The van der Waals surface area contributed by atoms with Crippen LogP contribution in [0.5, 0.6) is 0 Å². The Morgan fingerprint density at radius 2 is 1.40 bits per heavy atom. The fourth-order valence-electron chi connectivity index (χ4n) is 3.59. The van der Waals surface area contributed by atoms with Gasteiger partial charge in [0, 0.05) is 11.1 Å². The lowest BCUT2D eigenvalue weighted by Gasteiger charge is -2.14. The van der Waals surface area contributed by atoms with E-state index in [1.165, 1.54) is 0 Å². The highest BCUT2D eigenvalue weighted by Crippen LogP contribution is 2.17. The predicted octanol–water partition coefficient (Wildman–Crippen LogP) is 2.91. The van der Waals surface area contributed by atoms with E-state index >= 15 is 0 Å². The van der Waals surface area contributed by atoms with Crippen molar-refractivity contribution in [1.82, 2.24) is 14.2 Å². The van der Waals surface area contributed by atoms with Gasteiger partial charge in [0.25, 0.3) is 17.0 Å². The van der Waals surface area contributed by atoms with Crippen LogP contribution in [0.4, 0.5) is 5.69 Å². The molecule has 0 radical (unpaired) electrons. The molecule has 0 atom stereocenters. The molecule has 0 saturated carbocycles. The molecule has 0 saturated heterocycles. The number of anilines is 1. The normalized spacial score (nSPS) is 11.2. The number of carbonyl (C=O) groups is 1. The number of benzene rings is 3. The van der Waals surface area contributed by atoms with Crippen molar-refractivity contribution in [3.05, 3.63) is 99.6 Å². The average Bonchev–Trinajstić information content (AvgIpc) is 2.79. The van der Waals surface area contributed by atoms with E-state index in [0.29, 0.717) is 21.7 Å². The Kier molecular flexibility index (Phi) is 4.14. The minimum absolute atomic E-state index is 0.156. The molecule has 7 nitrogen and oxygen atoms in total. The number of fused-ring (bicyclic) bond motifs is 4. The first-order chi connectivity index (χ1) is 14.6. The fourth-order valence-corrected chi connectivity index (χ4v) is 3.59. The lowest BCUT2D eigenvalue weighted by atomic mass is 10.2. The van der Waals surface area contributed by atoms with E-state index in [9.17, 15) is 14.4 Å². The Morgan fingerprint density at radius 1 is 0.767 bits per heavy atom. The quantitative estimate of drug-likeness (QED) is 0.374. The summed E-state index contributed by atoms with van der Waals surface area (Å²) in [7, 11) is 0. The molecule has 2 aromatic heterocycles. The van der Waals surface area contributed by atoms with Gasteiger partial charge in [0.2, 0.25) is 0 Å². The summed E-state index contributed by atoms with van der Waals surface area (Å²) in [5.74, 6) is -0.557. The van der Waals surface area contributed by atoms with Crippen LogP contribution in [0.2, 0.25) is 0 Å². The maximum atomic E-state index is 13.3. The van der Waals surface area contributed by atoms with Gasteiger partial charge in [0.15, 0.2) is 5.65 Å². The molecule has 7 heteroatoms. The molecule has 30 heavy (non-hydrogen) atoms. The third-order valence-corrected chi connectivity index (χ3v) is 5.00. The molecular formula is C23H16N4O3. The van der Waals surface area contributed by atoms with Gasteiger partial charge in [0.05, 0.1) is 22.8 Å². The number of aromatic nitrogens is 3. The molecule has 1 N–H and O–H groups in total. The monoisotopic (exact) mass is 396 g/mol. The van der Waals surface area contributed by atoms with Crippen LogP contribution in [-0.4, -0.2) is 26.6 Å². The van der Waals surface area contributed by atoms with E-state index in [4.69, 9.17) is 0 Å². The lowest BCUT2D eigenvalue weighted by molar-refractivity contribution is 0.0901. The van der Waals surface area contributed by atoms with Gasteiger partial charge in [-0.1, -0.05) is 48.5 Å². The van der Waals surface area contributed by atoms with E-state index < -0.39 is 17.0 Å². The number of carbonyl (C=O) groups excluding carboxylic acids is 1. The summed E-state index contributed by atoms with van der Waals surface area (Å²) in [4.78, 5) is 44.2. The maximum Gasteiger partial charge on any atom is 0.281 e. The van der Waals surface area contributed by atoms with Crippen LogP contribution in [-0.2, 0) is 0 Å². The molecule has 0 spiro atoms. The first kappa shape index (κ1) is 17.8. The van der Waals surface area contributed by atoms with Crippen LogP contribution in [0.25, 0.3) is 27.3 Å². The number of nitrogens with one attached hydrogen (secondary N) is 1. The zero-order valence-corrected chi connectivity index (χ0v) is 15.8. The first-order valence-corrected chi connectivity index (χ1v) is 9.43. The smallest absolute Gasteiger partial charge is 0.281 e. The minimum atomic E-state index is -0.558. The van der Waals surface area contributed by atoms with Crippen molar-refractivity contribution in [2.24, 2.45) is 0 Å². The molecule has 0 aliphatic carbocycles. The van der Waals surface area contributed by atoms with Crippen LogP contribution in [0.3, 0.4) is 0 Å². The summed E-state index contributed by atoms with van der Waals surface area (Å²) in [5.41, 5.74) is 0.484. The number of para-hydroxylation sites is 2. The predicted molar refractivity (Wildman–Crippen MR) is 116 cm³/mol. The van der Waals surface area contributed by atoms with E-state index in [-0.39, 0.29) is 12.2 Å². The lowest BCUT2D eigenvalue weighted by Crippen LogP contribution is -2.40. The highest BCUT2D eigenvalue weighted by Gasteiger charge is 2.19. The maximum absolute atomic E-state index is 13.3. The number of hydrogen-bond acceptors (Lipinski definition) is 5. The molecule has 0 aliphatic rings. The average molecular weight is 396 g/mol. The molecule has 146 valence electrons. The van der Waals surface area contributed by atoms with Crippen LogP contribution in [0.1, 0.15) is 4.79 Å². The Bertz CT molecular complexity index is 1550. The summed E-state index contributed by atoms with van der Waals surface area (Å²) in [6.07, 6.45) is 0.